The molecule has 1 N–H and O–H groups in total. The number of hydrogen-bond donors (Lipinski definition) is 1. The monoisotopic (exact) mass is 292 g/mol. The van der Waals surface area contributed by atoms with Crippen LogP contribution in [0.2, 0.25) is 0 Å². The highest BCUT2D eigenvalue weighted by atomic mass is 19.1. The van der Waals surface area contributed by atoms with Crippen molar-refractivity contribution in [1.82, 2.24) is 10.2 Å². The van der Waals surface area contributed by atoms with Gasteiger partial charge in [0.05, 0.1) is 0 Å². The van der Waals surface area contributed by atoms with Crippen LogP contribution in [0, 0.1) is 17.7 Å². The third kappa shape index (κ3) is 4.79. The Bertz CT molecular complexity index is 418. The Morgan fingerprint density at radius 1 is 1.24 bits per heavy atom. The van der Waals surface area contributed by atoms with Gasteiger partial charge in [-0.25, -0.2) is 4.39 Å². The molecule has 0 radical (unpaired) electrons. The van der Waals surface area contributed by atoms with Gasteiger partial charge in [-0.15, -0.1) is 0 Å². The van der Waals surface area contributed by atoms with Crippen molar-refractivity contribution in [1.29, 1.82) is 0 Å². The summed E-state index contributed by atoms with van der Waals surface area (Å²) in [4.78, 5) is 2.38. The molecule has 3 atom stereocenters. The lowest BCUT2D eigenvalue weighted by Gasteiger charge is -2.38. The van der Waals surface area contributed by atoms with Gasteiger partial charge in [-0.2, -0.15) is 0 Å². The molecule has 0 spiro atoms. The van der Waals surface area contributed by atoms with Crippen molar-refractivity contribution in [2.75, 3.05) is 20.6 Å². The van der Waals surface area contributed by atoms with Gasteiger partial charge in [-0.3, -0.25) is 0 Å². The molecule has 1 saturated carbocycles. The van der Waals surface area contributed by atoms with Crippen molar-refractivity contribution in [3.8, 4) is 0 Å². The molecule has 3 heteroatoms. The Balaban J connectivity index is 1.90. The van der Waals surface area contributed by atoms with Gasteiger partial charge < -0.3 is 10.2 Å². The van der Waals surface area contributed by atoms with E-state index in [-0.39, 0.29) is 5.82 Å². The molecule has 2 rings (SSSR count). The summed E-state index contributed by atoms with van der Waals surface area (Å²) in [7, 11) is 4.26. The molecular weight excluding hydrogens is 263 g/mol. The van der Waals surface area contributed by atoms with E-state index in [9.17, 15) is 4.39 Å². The molecule has 0 aromatic heterocycles. The highest BCUT2D eigenvalue weighted by Gasteiger charge is 2.29. The summed E-state index contributed by atoms with van der Waals surface area (Å²) in [6.45, 7) is 4.31. The number of halogens is 1. The topological polar surface area (TPSA) is 15.3 Å². The maximum absolute atomic E-state index is 13.0. The van der Waals surface area contributed by atoms with Crippen molar-refractivity contribution in [3.05, 3.63) is 35.6 Å². The summed E-state index contributed by atoms with van der Waals surface area (Å²) in [5, 5.41) is 3.50. The SMILES string of the molecule is CCC1CCC(NC)C(CN(C)Cc2ccc(F)cc2)C1. The molecule has 0 heterocycles. The Morgan fingerprint density at radius 2 is 1.95 bits per heavy atom. The first-order chi connectivity index (χ1) is 10.1. The van der Waals surface area contributed by atoms with Crippen LogP contribution in [0.15, 0.2) is 24.3 Å². The van der Waals surface area contributed by atoms with E-state index in [1.807, 2.05) is 12.1 Å². The Labute approximate surface area is 128 Å². The number of nitrogens with zero attached hydrogens (tertiary/aromatic N) is 1. The van der Waals surface area contributed by atoms with Gasteiger partial charge >= 0.3 is 0 Å². The smallest absolute Gasteiger partial charge is 0.123 e. The van der Waals surface area contributed by atoms with Gasteiger partial charge in [-0.1, -0.05) is 25.5 Å². The van der Waals surface area contributed by atoms with E-state index in [1.165, 1.54) is 31.2 Å². The van der Waals surface area contributed by atoms with Crippen LogP contribution in [0.3, 0.4) is 0 Å². The van der Waals surface area contributed by atoms with Crippen LogP contribution in [0.1, 0.15) is 38.2 Å². The van der Waals surface area contributed by atoms with E-state index in [4.69, 9.17) is 0 Å². The van der Waals surface area contributed by atoms with Crippen molar-refractivity contribution in [2.45, 2.75) is 45.2 Å². The van der Waals surface area contributed by atoms with E-state index in [1.54, 1.807) is 12.1 Å². The molecular formula is C18H29FN2. The van der Waals surface area contributed by atoms with Gasteiger partial charge in [-0.05, 0) is 62.9 Å². The molecule has 118 valence electrons. The molecule has 0 aliphatic heterocycles. The predicted octanol–water partition coefficient (Wildman–Crippen LogP) is 3.67. The number of benzene rings is 1. The molecule has 2 nitrogen and oxygen atoms in total. The number of rotatable bonds is 6. The van der Waals surface area contributed by atoms with E-state index in [0.29, 0.717) is 6.04 Å². The average molecular weight is 292 g/mol. The lowest BCUT2D eigenvalue weighted by molar-refractivity contribution is 0.153. The van der Waals surface area contributed by atoms with Crippen LogP contribution >= 0.6 is 0 Å². The highest BCUT2D eigenvalue weighted by Crippen LogP contribution is 2.31. The normalized spacial score (nSPS) is 26.2. The Morgan fingerprint density at radius 3 is 2.57 bits per heavy atom. The fourth-order valence-electron chi connectivity index (χ4n) is 3.68. The van der Waals surface area contributed by atoms with Crippen molar-refractivity contribution < 1.29 is 4.39 Å². The van der Waals surface area contributed by atoms with E-state index < -0.39 is 0 Å². The second-order valence-electron chi connectivity index (χ2n) is 6.57. The minimum Gasteiger partial charge on any atom is -0.317 e. The summed E-state index contributed by atoms with van der Waals surface area (Å²) in [6.07, 6.45) is 5.29. The minimum absolute atomic E-state index is 0.158. The zero-order chi connectivity index (χ0) is 15.2. The zero-order valence-electron chi connectivity index (χ0n) is 13.6. The minimum atomic E-state index is -0.158. The standard InChI is InChI=1S/C18H29FN2/c1-4-14-7-10-18(20-2)16(11-14)13-21(3)12-15-5-8-17(19)9-6-15/h5-6,8-9,14,16,18,20H,4,7,10-13H2,1-3H3. The van der Waals surface area contributed by atoms with Crippen LogP contribution in [0.5, 0.6) is 0 Å². The summed E-state index contributed by atoms with van der Waals surface area (Å²) in [5.41, 5.74) is 1.18. The third-order valence-electron chi connectivity index (χ3n) is 4.95. The van der Waals surface area contributed by atoms with E-state index >= 15 is 0 Å². The number of hydrogen-bond acceptors (Lipinski definition) is 2. The largest absolute Gasteiger partial charge is 0.317 e. The summed E-state index contributed by atoms with van der Waals surface area (Å²) in [5.74, 6) is 1.45. The molecule has 21 heavy (non-hydrogen) atoms. The molecule has 1 aliphatic carbocycles. The first kappa shape index (κ1) is 16.4. The maximum Gasteiger partial charge on any atom is 0.123 e. The van der Waals surface area contributed by atoms with Gasteiger partial charge in [0.1, 0.15) is 5.82 Å². The van der Waals surface area contributed by atoms with Crippen LogP contribution in [0.25, 0.3) is 0 Å². The maximum atomic E-state index is 13.0. The molecule has 1 aromatic rings. The summed E-state index contributed by atoms with van der Waals surface area (Å²) >= 11 is 0. The molecule has 1 fully saturated rings. The fourth-order valence-corrected chi connectivity index (χ4v) is 3.68. The average Bonchev–Trinajstić information content (AvgIpc) is 2.49. The Kier molecular flexibility index (Phi) is 6.19. The molecule has 1 aromatic carbocycles. The van der Waals surface area contributed by atoms with Gasteiger partial charge in [0.25, 0.3) is 0 Å². The molecule has 0 bridgehead atoms. The van der Waals surface area contributed by atoms with E-state index in [2.05, 4.69) is 31.2 Å². The predicted molar refractivity (Wildman–Crippen MR) is 86.7 cm³/mol. The van der Waals surface area contributed by atoms with E-state index in [0.717, 1.165) is 24.9 Å². The summed E-state index contributed by atoms with van der Waals surface area (Å²) in [6, 6.07) is 7.51. The van der Waals surface area contributed by atoms with Gasteiger partial charge in [0.2, 0.25) is 0 Å². The van der Waals surface area contributed by atoms with Crippen molar-refractivity contribution >= 4 is 0 Å². The molecule has 0 amide bonds. The summed E-state index contributed by atoms with van der Waals surface area (Å²) < 4.78 is 13.0. The molecule has 0 saturated heterocycles. The van der Waals surface area contributed by atoms with Crippen LogP contribution < -0.4 is 5.32 Å². The Hall–Kier alpha value is -0.930. The van der Waals surface area contributed by atoms with Gasteiger partial charge in [0, 0.05) is 19.1 Å². The van der Waals surface area contributed by atoms with Crippen LogP contribution in [-0.4, -0.2) is 31.6 Å². The highest BCUT2D eigenvalue weighted by molar-refractivity contribution is 5.15. The third-order valence-corrected chi connectivity index (χ3v) is 4.95. The first-order valence-electron chi connectivity index (χ1n) is 8.22. The second-order valence-corrected chi connectivity index (χ2v) is 6.57. The van der Waals surface area contributed by atoms with Gasteiger partial charge in [0.15, 0.2) is 0 Å². The molecule has 3 unspecified atom stereocenters. The first-order valence-corrected chi connectivity index (χ1v) is 8.22. The van der Waals surface area contributed by atoms with Crippen LogP contribution in [-0.2, 0) is 6.54 Å². The molecule has 1 aliphatic rings. The second kappa shape index (κ2) is 7.90. The zero-order valence-corrected chi connectivity index (χ0v) is 13.6. The lowest BCUT2D eigenvalue weighted by Crippen LogP contribution is -2.43. The van der Waals surface area contributed by atoms with Crippen molar-refractivity contribution in [2.24, 2.45) is 11.8 Å². The quantitative estimate of drug-likeness (QED) is 0.860. The lowest BCUT2D eigenvalue weighted by atomic mass is 9.76. The van der Waals surface area contributed by atoms with Crippen molar-refractivity contribution in [3.63, 3.8) is 0 Å². The van der Waals surface area contributed by atoms with Crippen LogP contribution in [0.4, 0.5) is 4.39 Å². The fraction of sp³-hybridized carbons (Fsp3) is 0.667. The number of nitrogens with one attached hydrogen (secondary N) is 1.